The van der Waals surface area contributed by atoms with Gasteiger partial charge in [-0.2, -0.15) is 0 Å². The summed E-state index contributed by atoms with van der Waals surface area (Å²) < 4.78 is 42.3. The molecule has 1 N–H and O–H groups in total. The number of carbonyl (C=O) groups is 1. The van der Waals surface area contributed by atoms with E-state index in [2.05, 4.69) is 9.72 Å². The van der Waals surface area contributed by atoms with E-state index in [9.17, 15) is 23.1 Å². The number of halogens is 4. The SMILES string of the molecule is CCCCc1nc(Cl)c(C(=O)O)n1Cc1cccc(OC(F)(F)F)c1. The van der Waals surface area contributed by atoms with Crippen LogP contribution in [0.1, 0.15) is 41.6 Å². The Morgan fingerprint density at radius 2 is 2.12 bits per heavy atom. The van der Waals surface area contributed by atoms with Gasteiger partial charge < -0.3 is 14.4 Å². The Kier molecular flexibility index (Phi) is 5.94. The van der Waals surface area contributed by atoms with Crippen molar-refractivity contribution in [3.63, 3.8) is 0 Å². The largest absolute Gasteiger partial charge is 0.573 e. The first-order valence-corrected chi connectivity index (χ1v) is 7.92. The molecule has 0 fully saturated rings. The number of carboxylic acid groups (broad SMARTS) is 1. The van der Waals surface area contributed by atoms with E-state index in [0.717, 1.165) is 12.8 Å². The lowest BCUT2D eigenvalue weighted by Crippen LogP contribution is -2.17. The highest BCUT2D eigenvalue weighted by Gasteiger charge is 2.31. The molecule has 0 aliphatic heterocycles. The summed E-state index contributed by atoms with van der Waals surface area (Å²) in [5.74, 6) is -1.14. The molecule has 0 atom stereocenters. The van der Waals surface area contributed by atoms with Gasteiger partial charge in [-0.3, -0.25) is 0 Å². The Labute approximate surface area is 147 Å². The average Bonchev–Trinajstić information content (AvgIpc) is 2.79. The molecule has 0 radical (unpaired) electrons. The standard InChI is InChI=1S/C16H16ClF3N2O3/c1-2-3-7-12-21-14(17)13(15(23)24)22(12)9-10-5-4-6-11(8-10)25-16(18,19)20/h4-6,8H,2-3,7,9H2,1H3,(H,23,24). The number of nitrogens with zero attached hydrogens (tertiary/aromatic N) is 2. The van der Waals surface area contributed by atoms with Crippen molar-refractivity contribution < 1.29 is 27.8 Å². The minimum absolute atomic E-state index is 0.0233. The summed E-state index contributed by atoms with van der Waals surface area (Å²) in [6.07, 6.45) is -2.62. The first kappa shape index (κ1) is 19.1. The number of aromatic nitrogens is 2. The van der Waals surface area contributed by atoms with Gasteiger partial charge in [0, 0.05) is 13.0 Å². The first-order chi connectivity index (χ1) is 11.7. The lowest BCUT2D eigenvalue weighted by atomic mass is 10.2. The van der Waals surface area contributed by atoms with Gasteiger partial charge in [-0.1, -0.05) is 37.1 Å². The van der Waals surface area contributed by atoms with Gasteiger partial charge in [0.15, 0.2) is 10.8 Å². The second kappa shape index (κ2) is 7.77. The van der Waals surface area contributed by atoms with E-state index in [4.69, 9.17) is 11.6 Å². The van der Waals surface area contributed by atoms with Crippen LogP contribution in [0.4, 0.5) is 13.2 Å². The van der Waals surface area contributed by atoms with Gasteiger partial charge in [-0.15, -0.1) is 13.2 Å². The van der Waals surface area contributed by atoms with Crippen molar-refractivity contribution in [1.29, 1.82) is 0 Å². The second-order valence-electron chi connectivity index (χ2n) is 5.36. The Morgan fingerprint density at radius 1 is 1.40 bits per heavy atom. The molecule has 1 heterocycles. The van der Waals surface area contributed by atoms with Crippen molar-refractivity contribution in [3.8, 4) is 5.75 Å². The third-order valence-electron chi connectivity index (χ3n) is 3.43. The van der Waals surface area contributed by atoms with Crippen LogP contribution in [0.15, 0.2) is 24.3 Å². The molecule has 0 aliphatic carbocycles. The highest BCUT2D eigenvalue weighted by Crippen LogP contribution is 2.25. The van der Waals surface area contributed by atoms with Gasteiger partial charge in [0.2, 0.25) is 0 Å². The van der Waals surface area contributed by atoms with E-state index >= 15 is 0 Å². The molecule has 0 aliphatic rings. The molecule has 2 aromatic rings. The molecule has 1 aromatic carbocycles. The van der Waals surface area contributed by atoms with Crippen molar-refractivity contribution in [3.05, 3.63) is 46.5 Å². The van der Waals surface area contributed by atoms with Crippen molar-refractivity contribution in [1.82, 2.24) is 9.55 Å². The maximum Gasteiger partial charge on any atom is 0.573 e. The summed E-state index contributed by atoms with van der Waals surface area (Å²) >= 11 is 5.92. The maximum absolute atomic E-state index is 12.3. The van der Waals surface area contributed by atoms with Gasteiger partial charge >= 0.3 is 12.3 Å². The smallest absolute Gasteiger partial charge is 0.476 e. The fraction of sp³-hybridized carbons (Fsp3) is 0.375. The number of hydrogen-bond acceptors (Lipinski definition) is 3. The highest BCUT2D eigenvalue weighted by molar-refractivity contribution is 6.32. The van der Waals surface area contributed by atoms with Crippen LogP contribution in [0.2, 0.25) is 5.15 Å². The Bertz CT molecular complexity index is 760. The summed E-state index contributed by atoms with van der Waals surface area (Å²) in [5, 5.41) is 9.21. The van der Waals surface area contributed by atoms with Gasteiger partial charge in [0.25, 0.3) is 0 Å². The van der Waals surface area contributed by atoms with Crippen LogP contribution in [-0.2, 0) is 13.0 Å². The van der Waals surface area contributed by atoms with Crippen molar-refractivity contribution in [2.24, 2.45) is 0 Å². The molecule has 25 heavy (non-hydrogen) atoms. The Morgan fingerprint density at radius 3 is 2.72 bits per heavy atom. The predicted molar refractivity (Wildman–Crippen MR) is 85.0 cm³/mol. The van der Waals surface area contributed by atoms with Crippen LogP contribution < -0.4 is 4.74 Å². The molecule has 5 nitrogen and oxygen atoms in total. The van der Waals surface area contributed by atoms with E-state index in [1.54, 1.807) is 6.07 Å². The molecule has 0 saturated carbocycles. The number of unbranched alkanes of at least 4 members (excludes halogenated alkanes) is 1. The molecular weight excluding hydrogens is 361 g/mol. The molecule has 0 spiro atoms. The number of hydrogen-bond donors (Lipinski definition) is 1. The zero-order valence-electron chi connectivity index (χ0n) is 13.3. The number of ether oxygens (including phenoxy) is 1. The molecule has 0 amide bonds. The van der Waals surface area contributed by atoms with Crippen molar-refractivity contribution >= 4 is 17.6 Å². The molecule has 0 saturated heterocycles. The van der Waals surface area contributed by atoms with E-state index in [-0.39, 0.29) is 23.1 Å². The lowest BCUT2D eigenvalue weighted by Gasteiger charge is -2.12. The molecule has 1 aromatic heterocycles. The van der Waals surface area contributed by atoms with Crippen molar-refractivity contribution in [2.75, 3.05) is 0 Å². The number of rotatable bonds is 7. The van der Waals surface area contributed by atoms with Gasteiger partial charge in [0.1, 0.15) is 11.6 Å². The van der Waals surface area contributed by atoms with Crippen LogP contribution in [0, 0.1) is 0 Å². The molecule has 9 heteroatoms. The average molecular weight is 377 g/mol. The van der Waals surface area contributed by atoms with Gasteiger partial charge in [-0.05, 0) is 24.1 Å². The van der Waals surface area contributed by atoms with Crippen LogP contribution in [-0.4, -0.2) is 27.0 Å². The summed E-state index contributed by atoms with van der Waals surface area (Å²) in [5.41, 5.74) is 0.256. The third-order valence-corrected chi connectivity index (χ3v) is 3.70. The second-order valence-corrected chi connectivity index (χ2v) is 5.72. The zero-order chi connectivity index (χ0) is 18.6. The topological polar surface area (TPSA) is 64.3 Å². The fourth-order valence-electron chi connectivity index (χ4n) is 2.39. The summed E-state index contributed by atoms with van der Waals surface area (Å²) in [6, 6.07) is 5.36. The number of aryl methyl sites for hydroxylation is 1. The number of aromatic carboxylic acids is 1. The summed E-state index contributed by atoms with van der Waals surface area (Å²) in [7, 11) is 0. The zero-order valence-corrected chi connectivity index (χ0v) is 14.1. The normalized spacial score (nSPS) is 11.6. The van der Waals surface area contributed by atoms with Crippen molar-refractivity contribution in [2.45, 2.75) is 39.1 Å². The Balaban J connectivity index is 2.35. The third kappa shape index (κ3) is 5.12. The number of benzene rings is 1. The minimum Gasteiger partial charge on any atom is -0.476 e. The predicted octanol–water partition coefficient (Wildman–Crippen LogP) is 4.52. The summed E-state index contributed by atoms with van der Waals surface area (Å²) in [4.78, 5) is 15.5. The molecule has 0 unspecified atom stereocenters. The quantitative estimate of drug-likeness (QED) is 0.771. The molecular formula is C16H16ClF3N2O3. The molecule has 136 valence electrons. The van der Waals surface area contributed by atoms with E-state index in [0.29, 0.717) is 17.8 Å². The van der Waals surface area contributed by atoms with Crippen LogP contribution >= 0.6 is 11.6 Å². The van der Waals surface area contributed by atoms with Crippen LogP contribution in [0.3, 0.4) is 0 Å². The van der Waals surface area contributed by atoms with Crippen LogP contribution in [0.25, 0.3) is 0 Å². The Hall–Kier alpha value is -2.22. The molecule has 2 rings (SSSR count). The van der Waals surface area contributed by atoms with Gasteiger partial charge in [0.05, 0.1) is 0 Å². The van der Waals surface area contributed by atoms with Gasteiger partial charge in [-0.25, -0.2) is 9.78 Å². The number of alkyl halides is 3. The fourth-order valence-corrected chi connectivity index (χ4v) is 2.67. The lowest BCUT2D eigenvalue weighted by molar-refractivity contribution is -0.274. The maximum atomic E-state index is 12.3. The number of carboxylic acids is 1. The first-order valence-electron chi connectivity index (χ1n) is 7.54. The monoisotopic (exact) mass is 376 g/mol. The number of imidazole rings is 1. The highest BCUT2D eigenvalue weighted by atomic mass is 35.5. The van der Waals surface area contributed by atoms with Crippen LogP contribution in [0.5, 0.6) is 5.75 Å². The van der Waals surface area contributed by atoms with E-state index < -0.39 is 12.3 Å². The van der Waals surface area contributed by atoms with E-state index in [1.165, 1.54) is 22.8 Å². The minimum atomic E-state index is -4.80. The van der Waals surface area contributed by atoms with E-state index in [1.807, 2.05) is 6.92 Å². The summed E-state index contributed by atoms with van der Waals surface area (Å²) in [6.45, 7) is 2.00. The molecule has 0 bridgehead atoms.